The van der Waals surface area contributed by atoms with Gasteiger partial charge in [0, 0.05) is 15.1 Å². The molecule has 12 heteroatoms. The highest BCUT2D eigenvalue weighted by molar-refractivity contribution is 6.36. The van der Waals surface area contributed by atoms with Crippen molar-refractivity contribution in [3.8, 4) is 23.0 Å². The molecule has 0 heterocycles. The predicted molar refractivity (Wildman–Crippen MR) is 158 cm³/mol. The third-order valence-electron chi connectivity index (χ3n) is 5.26. The van der Waals surface area contributed by atoms with Crippen molar-refractivity contribution in [1.29, 1.82) is 0 Å². The molecule has 4 rings (SSSR count). The number of hydrogen-bond donors (Lipinski definition) is 1. The molecule has 1 N–H and O–H groups in total. The van der Waals surface area contributed by atoms with Crippen LogP contribution in [0.1, 0.15) is 15.9 Å². The predicted octanol–water partition coefficient (Wildman–Crippen LogP) is 7.46. The van der Waals surface area contributed by atoms with E-state index in [1.807, 2.05) is 0 Å². The summed E-state index contributed by atoms with van der Waals surface area (Å²) in [4.78, 5) is 25.5. The Morgan fingerprint density at radius 1 is 0.756 bits per heavy atom. The van der Waals surface area contributed by atoms with Crippen LogP contribution in [0.3, 0.4) is 0 Å². The van der Waals surface area contributed by atoms with Gasteiger partial charge in [0.15, 0.2) is 11.5 Å². The topological polar surface area (TPSA) is 95.5 Å². The Hall–Kier alpha value is -3.95. The maximum Gasteiger partial charge on any atom is 0.345 e. The normalized spacial score (nSPS) is 10.9. The van der Waals surface area contributed by atoms with Gasteiger partial charge in [-0.2, -0.15) is 5.10 Å². The molecule has 0 aromatic heterocycles. The quantitative estimate of drug-likeness (QED) is 0.0640. The fourth-order valence-electron chi connectivity index (χ4n) is 3.29. The number of ether oxygens (including phenoxy) is 4. The van der Waals surface area contributed by atoms with Crippen molar-refractivity contribution in [2.45, 2.75) is 6.29 Å². The number of hydrazone groups is 1. The van der Waals surface area contributed by atoms with Crippen LogP contribution < -0.4 is 24.4 Å². The summed E-state index contributed by atoms with van der Waals surface area (Å²) in [6.07, 6.45) is -0.0329. The number of carbonyl (C=O) groups excluding carboxylic acids is 2. The van der Waals surface area contributed by atoms with E-state index in [2.05, 4.69) is 10.5 Å². The van der Waals surface area contributed by atoms with Crippen LogP contribution in [0, 0.1) is 0 Å². The minimum Gasteiger partial charge on any atom is -0.493 e. The Morgan fingerprint density at radius 2 is 1.34 bits per heavy atom. The lowest BCUT2D eigenvalue weighted by molar-refractivity contribution is -0.140. The van der Waals surface area contributed by atoms with Gasteiger partial charge in [-0.1, -0.05) is 46.4 Å². The molecule has 4 aromatic carbocycles. The molecule has 0 spiro atoms. The lowest BCUT2D eigenvalue weighted by Gasteiger charge is -2.19. The van der Waals surface area contributed by atoms with Crippen LogP contribution in [0.15, 0.2) is 90.0 Å². The highest BCUT2D eigenvalue weighted by Gasteiger charge is 2.23. The first-order chi connectivity index (χ1) is 19.7. The van der Waals surface area contributed by atoms with E-state index in [-0.39, 0.29) is 22.1 Å². The number of amides is 1. The number of esters is 1. The van der Waals surface area contributed by atoms with Crippen molar-refractivity contribution < 1.29 is 28.5 Å². The molecule has 0 fully saturated rings. The van der Waals surface area contributed by atoms with Gasteiger partial charge in [-0.3, -0.25) is 4.79 Å². The van der Waals surface area contributed by atoms with Crippen LogP contribution in [0.25, 0.3) is 0 Å². The Balaban J connectivity index is 1.44. The molecule has 0 radical (unpaired) electrons. The molecule has 41 heavy (non-hydrogen) atoms. The lowest BCUT2D eigenvalue weighted by atomic mass is 10.2. The molecule has 210 valence electrons. The van der Waals surface area contributed by atoms with Crippen molar-refractivity contribution >= 4 is 64.5 Å². The van der Waals surface area contributed by atoms with E-state index in [1.54, 1.807) is 60.7 Å². The SMILES string of the molecule is COc1cc(C=NNC(=O)C(Oc2ccc(Cl)cc2)Oc2ccc(Cl)cc2)ccc1OC(=O)c1ccc(Cl)cc1Cl. The Morgan fingerprint density at radius 3 is 1.90 bits per heavy atom. The second-order valence-corrected chi connectivity index (χ2v) is 9.85. The number of rotatable bonds is 10. The zero-order chi connectivity index (χ0) is 29.4. The summed E-state index contributed by atoms with van der Waals surface area (Å²) in [5, 5.41) is 5.54. The van der Waals surface area contributed by atoms with Gasteiger partial charge in [0.2, 0.25) is 0 Å². The third-order valence-corrected chi connectivity index (χ3v) is 6.31. The number of benzene rings is 4. The molecular weight excluding hydrogens is 614 g/mol. The number of hydrogen-bond acceptors (Lipinski definition) is 7. The number of carbonyl (C=O) groups is 2. The molecule has 0 saturated heterocycles. The van der Waals surface area contributed by atoms with E-state index >= 15 is 0 Å². The van der Waals surface area contributed by atoms with Crippen LogP contribution in [-0.2, 0) is 4.79 Å². The Kier molecular flexibility index (Phi) is 10.3. The van der Waals surface area contributed by atoms with E-state index in [0.29, 0.717) is 32.1 Å². The number of nitrogens with zero attached hydrogens (tertiary/aromatic N) is 1. The second kappa shape index (κ2) is 14.1. The molecule has 1 amide bonds. The lowest BCUT2D eigenvalue weighted by Crippen LogP contribution is -2.40. The minimum atomic E-state index is -1.40. The van der Waals surface area contributed by atoms with Crippen LogP contribution in [0.5, 0.6) is 23.0 Å². The van der Waals surface area contributed by atoms with Crippen LogP contribution >= 0.6 is 46.4 Å². The van der Waals surface area contributed by atoms with Gasteiger partial charge >= 0.3 is 18.2 Å². The molecule has 0 aliphatic rings. The van der Waals surface area contributed by atoms with Gasteiger partial charge in [-0.15, -0.1) is 0 Å². The molecule has 4 aromatic rings. The van der Waals surface area contributed by atoms with Gasteiger partial charge in [-0.05, 0) is 90.5 Å². The van der Waals surface area contributed by atoms with E-state index in [9.17, 15) is 9.59 Å². The zero-order valence-corrected chi connectivity index (χ0v) is 24.2. The van der Waals surface area contributed by atoms with E-state index in [4.69, 9.17) is 65.4 Å². The molecule has 8 nitrogen and oxygen atoms in total. The van der Waals surface area contributed by atoms with E-state index in [1.165, 1.54) is 37.6 Å². The van der Waals surface area contributed by atoms with Crippen molar-refractivity contribution in [2.75, 3.05) is 7.11 Å². The molecule has 0 atom stereocenters. The van der Waals surface area contributed by atoms with Gasteiger partial charge in [0.05, 0.1) is 23.9 Å². The maximum atomic E-state index is 12.9. The third kappa shape index (κ3) is 8.52. The summed E-state index contributed by atoms with van der Waals surface area (Å²) in [5.74, 6) is -0.287. The first kappa shape index (κ1) is 30.0. The average Bonchev–Trinajstić information content (AvgIpc) is 2.95. The first-order valence-corrected chi connectivity index (χ1v) is 13.3. The monoisotopic (exact) mass is 632 g/mol. The van der Waals surface area contributed by atoms with E-state index in [0.717, 1.165) is 0 Å². The first-order valence-electron chi connectivity index (χ1n) is 11.7. The highest BCUT2D eigenvalue weighted by atomic mass is 35.5. The maximum absolute atomic E-state index is 12.9. The molecule has 0 bridgehead atoms. The van der Waals surface area contributed by atoms with Gasteiger partial charge in [-0.25, -0.2) is 10.2 Å². The van der Waals surface area contributed by atoms with Gasteiger partial charge in [0.1, 0.15) is 11.5 Å². The molecule has 0 aliphatic heterocycles. The second-order valence-electron chi connectivity index (χ2n) is 8.13. The van der Waals surface area contributed by atoms with Crippen molar-refractivity contribution in [3.63, 3.8) is 0 Å². The summed E-state index contributed by atoms with van der Waals surface area (Å²) >= 11 is 23.9. The minimum absolute atomic E-state index is 0.141. The molecular formula is C29H20Cl4N2O6. The standard InChI is InChI=1S/C29H20Cl4N2O6/c1-38-26-14-17(2-13-25(26)41-28(37)23-12-7-20(32)15-24(23)33)16-34-35-27(36)29(39-21-8-3-18(30)4-9-21)40-22-10-5-19(31)6-11-22/h2-16,29H,1H3,(H,35,36). The van der Waals surface area contributed by atoms with Gasteiger partial charge < -0.3 is 18.9 Å². The summed E-state index contributed by atoms with van der Waals surface area (Å²) in [5.41, 5.74) is 3.06. The highest BCUT2D eigenvalue weighted by Crippen LogP contribution is 2.30. The Bertz CT molecular complexity index is 1520. The molecule has 0 aliphatic carbocycles. The summed E-state index contributed by atoms with van der Waals surface area (Å²) in [7, 11) is 1.41. The number of methoxy groups -OCH3 is 1. The summed E-state index contributed by atoms with van der Waals surface area (Å²) in [6, 6.07) is 22.0. The van der Waals surface area contributed by atoms with Crippen LogP contribution in [0.4, 0.5) is 0 Å². The van der Waals surface area contributed by atoms with Crippen molar-refractivity contribution in [1.82, 2.24) is 5.43 Å². The van der Waals surface area contributed by atoms with Crippen LogP contribution in [-0.4, -0.2) is 31.5 Å². The fraction of sp³-hybridized carbons (Fsp3) is 0.0690. The number of nitrogens with one attached hydrogen (secondary N) is 1. The van der Waals surface area contributed by atoms with Crippen molar-refractivity contribution in [3.05, 3.63) is 116 Å². The van der Waals surface area contributed by atoms with Crippen molar-refractivity contribution in [2.24, 2.45) is 5.10 Å². The number of halogens is 4. The van der Waals surface area contributed by atoms with Crippen LogP contribution in [0.2, 0.25) is 20.1 Å². The average molecular weight is 634 g/mol. The van der Waals surface area contributed by atoms with Gasteiger partial charge in [0.25, 0.3) is 0 Å². The molecule has 0 saturated carbocycles. The fourth-order valence-corrected chi connectivity index (χ4v) is 4.02. The summed E-state index contributed by atoms with van der Waals surface area (Å²) < 4.78 is 22.2. The largest absolute Gasteiger partial charge is 0.493 e. The van der Waals surface area contributed by atoms with E-state index < -0.39 is 18.2 Å². The smallest absolute Gasteiger partial charge is 0.345 e. The Labute approximate surface area is 255 Å². The zero-order valence-electron chi connectivity index (χ0n) is 21.1. The summed E-state index contributed by atoms with van der Waals surface area (Å²) in [6.45, 7) is 0. The molecule has 0 unspecified atom stereocenters.